The highest BCUT2D eigenvalue weighted by Gasteiger charge is 2.42. The number of nitrogen functional groups attached to an aromatic ring is 1. The molecule has 0 unspecified atom stereocenters. The van der Waals surface area contributed by atoms with Crippen molar-refractivity contribution in [2.45, 2.75) is 57.9 Å². The van der Waals surface area contributed by atoms with Crippen molar-refractivity contribution in [3.63, 3.8) is 0 Å². The molecule has 4 nitrogen and oxygen atoms in total. The lowest BCUT2D eigenvalue weighted by Gasteiger charge is -2.32. The first kappa shape index (κ1) is 15.3. The second-order valence-electron chi connectivity index (χ2n) is 6.37. The second-order valence-corrected chi connectivity index (χ2v) is 8.17. The minimum absolute atomic E-state index is 0.322. The molecule has 1 aromatic rings. The molecule has 0 atom stereocenters. The maximum Gasteiger partial charge on any atom is 0.244 e. The summed E-state index contributed by atoms with van der Waals surface area (Å²) in [4.78, 5) is 0.385. The van der Waals surface area contributed by atoms with Gasteiger partial charge in [0.15, 0.2) is 0 Å². The summed E-state index contributed by atoms with van der Waals surface area (Å²) in [7, 11) is -3.49. The van der Waals surface area contributed by atoms with E-state index in [9.17, 15) is 8.42 Å². The maximum absolute atomic E-state index is 13.0. The van der Waals surface area contributed by atoms with Gasteiger partial charge in [0.2, 0.25) is 10.0 Å². The van der Waals surface area contributed by atoms with Gasteiger partial charge in [-0.05, 0) is 64.2 Å². The van der Waals surface area contributed by atoms with Gasteiger partial charge in [0.1, 0.15) is 0 Å². The Hall–Kier alpha value is -1.07. The molecular formula is C15H24N2O2S. The largest absolute Gasteiger partial charge is 0.398 e. The van der Waals surface area contributed by atoms with Crippen molar-refractivity contribution in [2.24, 2.45) is 0 Å². The standard InChI is InChI=1S/C15H24N2O2S/c1-10-9-11(2)14(12(3)13(10)16)20(18,19)17-8-6-7-15(17,4)5/h9H,6-8,16H2,1-5H3. The number of aryl methyl sites for hydroxylation is 2. The first-order valence-corrected chi connectivity index (χ1v) is 8.42. The zero-order valence-electron chi connectivity index (χ0n) is 12.9. The Labute approximate surface area is 122 Å². The number of hydrogen-bond acceptors (Lipinski definition) is 3. The number of rotatable bonds is 2. The predicted molar refractivity (Wildman–Crippen MR) is 82.3 cm³/mol. The van der Waals surface area contributed by atoms with Gasteiger partial charge < -0.3 is 5.73 Å². The van der Waals surface area contributed by atoms with Gasteiger partial charge in [0.05, 0.1) is 4.90 Å². The van der Waals surface area contributed by atoms with Crippen LogP contribution in [0, 0.1) is 20.8 Å². The topological polar surface area (TPSA) is 63.4 Å². The van der Waals surface area contributed by atoms with E-state index in [2.05, 4.69) is 0 Å². The minimum atomic E-state index is -3.49. The van der Waals surface area contributed by atoms with Crippen molar-refractivity contribution in [3.05, 3.63) is 22.8 Å². The molecule has 5 heteroatoms. The number of sulfonamides is 1. The van der Waals surface area contributed by atoms with Gasteiger partial charge in [0.25, 0.3) is 0 Å². The van der Waals surface area contributed by atoms with Crippen LogP contribution >= 0.6 is 0 Å². The summed E-state index contributed by atoms with van der Waals surface area (Å²) in [5, 5.41) is 0. The fourth-order valence-corrected chi connectivity index (χ4v) is 5.51. The Kier molecular flexibility index (Phi) is 3.63. The minimum Gasteiger partial charge on any atom is -0.398 e. The molecule has 0 bridgehead atoms. The smallest absolute Gasteiger partial charge is 0.244 e. The second kappa shape index (κ2) is 4.74. The van der Waals surface area contributed by atoms with E-state index in [-0.39, 0.29) is 5.54 Å². The van der Waals surface area contributed by atoms with Crippen LogP contribution in [-0.2, 0) is 10.0 Å². The summed E-state index contributed by atoms with van der Waals surface area (Å²) in [5.74, 6) is 0. The van der Waals surface area contributed by atoms with Crippen molar-refractivity contribution in [2.75, 3.05) is 12.3 Å². The molecule has 0 aromatic heterocycles. The van der Waals surface area contributed by atoms with E-state index >= 15 is 0 Å². The molecular weight excluding hydrogens is 272 g/mol. The Balaban J connectivity index is 2.65. The Morgan fingerprint density at radius 2 is 1.80 bits per heavy atom. The molecule has 1 aliphatic heterocycles. The highest BCUT2D eigenvalue weighted by Crippen LogP contribution is 2.37. The van der Waals surface area contributed by atoms with Crippen molar-refractivity contribution >= 4 is 15.7 Å². The van der Waals surface area contributed by atoms with E-state index in [0.717, 1.165) is 24.0 Å². The van der Waals surface area contributed by atoms with E-state index in [0.29, 0.717) is 22.7 Å². The van der Waals surface area contributed by atoms with Crippen LogP contribution in [-0.4, -0.2) is 24.8 Å². The SMILES string of the molecule is Cc1cc(C)c(S(=O)(=O)N2CCCC2(C)C)c(C)c1N. The molecule has 0 saturated carbocycles. The van der Waals surface area contributed by atoms with Gasteiger partial charge in [-0.25, -0.2) is 8.42 Å². The molecule has 2 N–H and O–H groups in total. The number of hydrogen-bond donors (Lipinski definition) is 1. The van der Waals surface area contributed by atoms with E-state index in [4.69, 9.17) is 5.73 Å². The number of benzene rings is 1. The van der Waals surface area contributed by atoms with Crippen LogP contribution < -0.4 is 5.73 Å². The summed E-state index contributed by atoms with van der Waals surface area (Å²) in [6.45, 7) is 10.1. The normalized spacial score (nSPS) is 19.4. The third kappa shape index (κ3) is 2.23. The van der Waals surface area contributed by atoms with E-state index in [1.807, 2.05) is 33.8 Å². The van der Waals surface area contributed by atoms with Crippen molar-refractivity contribution in [3.8, 4) is 0 Å². The fourth-order valence-electron chi connectivity index (χ4n) is 3.22. The van der Waals surface area contributed by atoms with Crippen molar-refractivity contribution < 1.29 is 8.42 Å². The van der Waals surface area contributed by atoms with Crippen LogP contribution in [0.4, 0.5) is 5.69 Å². The molecule has 1 fully saturated rings. The first-order valence-electron chi connectivity index (χ1n) is 6.98. The molecule has 1 saturated heterocycles. The lowest BCUT2D eigenvalue weighted by molar-refractivity contribution is 0.291. The molecule has 0 spiro atoms. The average Bonchev–Trinajstić information content (AvgIpc) is 2.66. The van der Waals surface area contributed by atoms with E-state index in [1.165, 1.54) is 0 Å². The molecule has 2 rings (SSSR count). The van der Waals surface area contributed by atoms with Crippen molar-refractivity contribution in [1.29, 1.82) is 0 Å². The predicted octanol–water partition coefficient (Wildman–Crippen LogP) is 2.76. The first-order chi connectivity index (χ1) is 9.09. The van der Waals surface area contributed by atoms with Crippen LogP contribution in [0.2, 0.25) is 0 Å². The van der Waals surface area contributed by atoms with Gasteiger partial charge in [-0.2, -0.15) is 4.31 Å². The highest BCUT2D eigenvalue weighted by atomic mass is 32.2. The third-order valence-electron chi connectivity index (χ3n) is 4.33. The lowest BCUT2D eigenvalue weighted by Crippen LogP contribution is -2.43. The summed E-state index contributed by atoms with van der Waals surface area (Å²) in [6, 6.07) is 1.86. The molecule has 0 radical (unpaired) electrons. The van der Waals surface area contributed by atoms with Crippen LogP contribution in [0.25, 0.3) is 0 Å². The van der Waals surface area contributed by atoms with Gasteiger partial charge in [-0.3, -0.25) is 0 Å². The Bertz CT molecular complexity index is 648. The monoisotopic (exact) mass is 296 g/mol. The molecule has 112 valence electrons. The number of nitrogens with two attached hydrogens (primary N) is 1. The van der Waals surface area contributed by atoms with Crippen molar-refractivity contribution in [1.82, 2.24) is 4.31 Å². The zero-order chi connectivity index (χ0) is 15.3. The average molecular weight is 296 g/mol. The molecule has 0 amide bonds. The van der Waals surface area contributed by atoms with E-state index in [1.54, 1.807) is 11.2 Å². The summed E-state index contributed by atoms with van der Waals surface area (Å²) >= 11 is 0. The summed E-state index contributed by atoms with van der Waals surface area (Å²) in [5.41, 5.74) is 8.66. The maximum atomic E-state index is 13.0. The van der Waals surface area contributed by atoms with Crippen LogP contribution in [0.3, 0.4) is 0 Å². The number of nitrogens with zero attached hydrogens (tertiary/aromatic N) is 1. The van der Waals surface area contributed by atoms with Gasteiger partial charge in [-0.1, -0.05) is 6.07 Å². The molecule has 20 heavy (non-hydrogen) atoms. The lowest BCUT2D eigenvalue weighted by atomic mass is 10.0. The Morgan fingerprint density at radius 1 is 1.20 bits per heavy atom. The Morgan fingerprint density at radius 3 is 2.30 bits per heavy atom. The zero-order valence-corrected chi connectivity index (χ0v) is 13.8. The van der Waals surface area contributed by atoms with Gasteiger partial charge in [-0.15, -0.1) is 0 Å². The van der Waals surface area contributed by atoms with Gasteiger partial charge >= 0.3 is 0 Å². The van der Waals surface area contributed by atoms with E-state index < -0.39 is 10.0 Å². The molecule has 1 aliphatic rings. The molecule has 1 heterocycles. The highest BCUT2D eigenvalue weighted by molar-refractivity contribution is 7.89. The van der Waals surface area contributed by atoms with Crippen LogP contribution in [0.1, 0.15) is 43.4 Å². The molecule has 1 aromatic carbocycles. The fraction of sp³-hybridized carbons (Fsp3) is 0.600. The summed E-state index contributed by atoms with van der Waals surface area (Å²) in [6.07, 6.45) is 1.80. The van der Waals surface area contributed by atoms with Gasteiger partial charge in [0, 0.05) is 17.8 Å². The van der Waals surface area contributed by atoms with Crippen LogP contribution in [0.5, 0.6) is 0 Å². The summed E-state index contributed by atoms with van der Waals surface area (Å²) < 4.78 is 27.7. The quantitative estimate of drug-likeness (QED) is 0.854. The number of anilines is 1. The van der Waals surface area contributed by atoms with Crippen LogP contribution in [0.15, 0.2) is 11.0 Å². The third-order valence-corrected chi connectivity index (χ3v) is 6.73. The molecule has 0 aliphatic carbocycles.